The SMILES string of the molecule is c1ccc2c(c1)-c1ccccc1C21c2ccccc2-c2ccc(-c3ccc4ccc5ccc(-c6ccc(-c7cccc8c7sc7ccccc78)cc6)nc5c4n3)cc21. The Morgan fingerprint density at radius 1 is 0.345 bits per heavy atom. The Morgan fingerprint density at radius 3 is 1.48 bits per heavy atom. The van der Waals surface area contributed by atoms with Crippen molar-refractivity contribution in [2.75, 3.05) is 0 Å². The minimum Gasteiger partial charge on any atom is -0.245 e. The fourth-order valence-electron chi connectivity index (χ4n) is 10.1. The van der Waals surface area contributed by atoms with Gasteiger partial charge in [-0.1, -0.05) is 170 Å². The van der Waals surface area contributed by atoms with Gasteiger partial charge in [-0.3, -0.25) is 0 Å². The van der Waals surface area contributed by atoms with Crippen LogP contribution in [0, 0.1) is 0 Å². The lowest BCUT2D eigenvalue weighted by atomic mass is 9.70. The zero-order valence-corrected chi connectivity index (χ0v) is 32.1. The number of benzene rings is 8. The van der Waals surface area contributed by atoms with Crippen molar-refractivity contribution in [3.05, 3.63) is 216 Å². The molecule has 13 rings (SSSR count). The lowest BCUT2D eigenvalue weighted by Gasteiger charge is -2.30. The van der Waals surface area contributed by atoms with E-state index in [-0.39, 0.29) is 0 Å². The normalized spacial score (nSPS) is 13.3. The minimum atomic E-state index is -0.394. The Hall–Kier alpha value is -7.20. The molecule has 2 aliphatic rings. The molecule has 0 bridgehead atoms. The molecule has 0 aliphatic heterocycles. The van der Waals surface area contributed by atoms with Gasteiger partial charge in [0.15, 0.2) is 0 Å². The van der Waals surface area contributed by atoms with Gasteiger partial charge in [0.05, 0.1) is 27.8 Å². The van der Waals surface area contributed by atoms with Crippen LogP contribution in [0.3, 0.4) is 0 Å². The lowest BCUT2D eigenvalue weighted by molar-refractivity contribution is 0.794. The average Bonchev–Trinajstić information content (AvgIpc) is 3.93. The first-order valence-corrected chi connectivity index (χ1v) is 20.7. The van der Waals surface area contributed by atoms with Crippen molar-refractivity contribution in [3.8, 4) is 55.9 Å². The summed E-state index contributed by atoms with van der Waals surface area (Å²) < 4.78 is 2.65. The first kappa shape index (κ1) is 31.9. The molecule has 0 saturated heterocycles. The standard InChI is InChI=1S/C55H32N2S/c1-5-16-45-39(10-1)40-11-2-6-17-46(40)55(45)47-18-7-3-12-41(47)42-29-26-37(32-48(42)55)50-31-28-36-25-24-35-27-30-49(56-52(35)53(36)57-50)34-22-20-33(21-23-34)38-14-9-15-44-43-13-4-8-19-51(43)58-54(38)44/h1-32H. The Balaban J connectivity index is 0.930. The zero-order chi connectivity index (χ0) is 38.0. The summed E-state index contributed by atoms with van der Waals surface area (Å²) in [4.78, 5) is 10.7. The van der Waals surface area contributed by atoms with Crippen LogP contribution in [0.25, 0.3) is 97.9 Å². The molecule has 2 nitrogen and oxygen atoms in total. The minimum absolute atomic E-state index is 0.394. The Labute approximate surface area is 339 Å². The molecule has 268 valence electrons. The molecule has 1 spiro atoms. The Morgan fingerprint density at radius 2 is 0.828 bits per heavy atom. The predicted octanol–water partition coefficient (Wildman–Crippen LogP) is 14.5. The molecule has 0 radical (unpaired) electrons. The summed E-state index contributed by atoms with van der Waals surface area (Å²) >= 11 is 1.87. The van der Waals surface area contributed by atoms with Crippen molar-refractivity contribution in [2.45, 2.75) is 5.41 Å². The summed E-state index contributed by atoms with van der Waals surface area (Å²) in [5.74, 6) is 0. The van der Waals surface area contributed by atoms with E-state index in [1.165, 1.54) is 75.8 Å². The van der Waals surface area contributed by atoms with E-state index in [4.69, 9.17) is 9.97 Å². The van der Waals surface area contributed by atoms with E-state index in [9.17, 15) is 0 Å². The highest BCUT2D eigenvalue weighted by Crippen LogP contribution is 2.63. The largest absolute Gasteiger partial charge is 0.245 e. The van der Waals surface area contributed by atoms with E-state index in [1.54, 1.807) is 0 Å². The second-order valence-electron chi connectivity index (χ2n) is 15.6. The van der Waals surface area contributed by atoms with Gasteiger partial charge in [0.25, 0.3) is 0 Å². The molecule has 3 heteroatoms. The summed E-state index contributed by atoms with van der Waals surface area (Å²) in [7, 11) is 0. The van der Waals surface area contributed by atoms with Crippen LogP contribution in [-0.4, -0.2) is 9.97 Å². The van der Waals surface area contributed by atoms with Crippen LogP contribution >= 0.6 is 11.3 Å². The molecule has 0 N–H and O–H groups in total. The van der Waals surface area contributed by atoms with E-state index in [0.29, 0.717) is 0 Å². The fraction of sp³-hybridized carbons (Fsp3) is 0.0182. The number of hydrogen-bond donors (Lipinski definition) is 0. The number of nitrogens with zero attached hydrogens (tertiary/aromatic N) is 2. The smallest absolute Gasteiger partial charge is 0.0972 e. The number of fused-ring (bicyclic) bond motifs is 16. The fourth-order valence-corrected chi connectivity index (χ4v) is 11.4. The summed E-state index contributed by atoms with van der Waals surface area (Å²) in [5, 5.41) is 4.80. The van der Waals surface area contributed by atoms with Gasteiger partial charge in [0.2, 0.25) is 0 Å². The van der Waals surface area contributed by atoms with Gasteiger partial charge in [0, 0.05) is 42.1 Å². The number of thiophene rings is 1. The molecule has 0 saturated carbocycles. The molecule has 8 aromatic carbocycles. The molecule has 3 aromatic heterocycles. The average molecular weight is 753 g/mol. The third-order valence-corrected chi connectivity index (χ3v) is 13.9. The molecule has 0 amide bonds. The highest BCUT2D eigenvalue weighted by Gasteiger charge is 2.51. The molecule has 11 aromatic rings. The highest BCUT2D eigenvalue weighted by atomic mass is 32.1. The molecular formula is C55H32N2S. The van der Waals surface area contributed by atoms with Gasteiger partial charge in [0.1, 0.15) is 0 Å². The monoisotopic (exact) mass is 752 g/mol. The van der Waals surface area contributed by atoms with Crippen LogP contribution < -0.4 is 0 Å². The number of hydrogen-bond acceptors (Lipinski definition) is 3. The second kappa shape index (κ2) is 11.9. The van der Waals surface area contributed by atoms with Crippen LogP contribution in [0.4, 0.5) is 0 Å². The zero-order valence-electron chi connectivity index (χ0n) is 31.3. The van der Waals surface area contributed by atoms with Crippen LogP contribution in [0.5, 0.6) is 0 Å². The van der Waals surface area contributed by atoms with Gasteiger partial charge in [-0.25, -0.2) is 9.97 Å². The third kappa shape index (κ3) is 4.31. The van der Waals surface area contributed by atoms with Crippen LogP contribution in [-0.2, 0) is 5.41 Å². The van der Waals surface area contributed by atoms with Crippen LogP contribution in [0.15, 0.2) is 194 Å². The topological polar surface area (TPSA) is 25.8 Å². The van der Waals surface area contributed by atoms with Crippen molar-refractivity contribution in [3.63, 3.8) is 0 Å². The summed E-state index contributed by atoms with van der Waals surface area (Å²) in [6.07, 6.45) is 0. The Kier molecular flexibility index (Phi) is 6.56. The van der Waals surface area contributed by atoms with E-state index >= 15 is 0 Å². The van der Waals surface area contributed by atoms with Crippen molar-refractivity contribution >= 4 is 53.3 Å². The second-order valence-corrected chi connectivity index (χ2v) is 16.7. The third-order valence-electron chi connectivity index (χ3n) is 12.7. The van der Waals surface area contributed by atoms with Gasteiger partial charge < -0.3 is 0 Å². The molecule has 2 aliphatic carbocycles. The number of aromatic nitrogens is 2. The van der Waals surface area contributed by atoms with Crippen molar-refractivity contribution < 1.29 is 0 Å². The van der Waals surface area contributed by atoms with Gasteiger partial charge in [-0.05, 0) is 79.9 Å². The number of rotatable bonds is 3. The van der Waals surface area contributed by atoms with Gasteiger partial charge >= 0.3 is 0 Å². The highest BCUT2D eigenvalue weighted by molar-refractivity contribution is 7.26. The summed E-state index contributed by atoms with van der Waals surface area (Å²) in [6.45, 7) is 0. The molecule has 58 heavy (non-hydrogen) atoms. The van der Waals surface area contributed by atoms with Crippen LogP contribution in [0.1, 0.15) is 22.3 Å². The van der Waals surface area contributed by atoms with E-state index < -0.39 is 5.41 Å². The van der Waals surface area contributed by atoms with Gasteiger partial charge in [-0.15, -0.1) is 11.3 Å². The lowest BCUT2D eigenvalue weighted by Crippen LogP contribution is -2.25. The summed E-state index contributed by atoms with van der Waals surface area (Å²) in [5.41, 5.74) is 18.6. The summed E-state index contributed by atoms with van der Waals surface area (Å²) in [6, 6.07) is 71.1. The molecule has 0 unspecified atom stereocenters. The first-order chi connectivity index (χ1) is 28.7. The van der Waals surface area contributed by atoms with Crippen molar-refractivity contribution in [1.29, 1.82) is 0 Å². The molecule has 0 fully saturated rings. The molecule has 0 atom stereocenters. The predicted molar refractivity (Wildman–Crippen MR) is 243 cm³/mol. The van der Waals surface area contributed by atoms with E-state index in [0.717, 1.165) is 44.3 Å². The quantitative estimate of drug-likeness (QED) is 0.168. The molecule has 3 heterocycles. The van der Waals surface area contributed by atoms with E-state index in [1.807, 2.05) is 11.3 Å². The number of pyridine rings is 2. The maximum absolute atomic E-state index is 5.43. The first-order valence-electron chi connectivity index (χ1n) is 19.9. The van der Waals surface area contributed by atoms with Crippen LogP contribution in [0.2, 0.25) is 0 Å². The van der Waals surface area contributed by atoms with Gasteiger partial charge in [-0.2, -0.15) is 0 Å². The van der Waals surface area contributed by atoms with Crippen molar-refractivity contribution in [2.24, 2.45) is 0 Å². The maximum Gasteiger partial charge on any atom is 0.0972 e. The molecular weight excluding hydrogens is 721 g/mol. The van der Waals surface area contributed by atoms with Crippen molar-refractivity contribution in [1.82, 2.24) is 9.97 Å². The van der Waals surface area contributed by atoms with E-state index in [2.05, 4.69) is 194 Å². The Bertz CT molecular complexity index is 3460. The maximum atomic E-state index is 5.43.